The fourth-order valence-corrected chi connectivity index (χ4v) is 3.61. The highest BCUT2D eigenvalue weighted by molar-refractivity contribution is 6.38. The number of Topliss-reactive ketones (excluding diaryl/α,β-unsaturated/α-hetero) is 1. The van der Waals surface area contributed by atoms with Crippen LogP contribution in [-0.4, -0.2) is 39.5 Å². The number of hydrogen-bond acceptors (Lipinski definition) is 4. The standard InChI is InChI=1S/C27H30N4O3/c1-27(2,3)23-17-22(31(30-23)20-12-8-5-9-13-20)25(33)29-21(16-18-10-6-4-7-11-18)24(32)26(34)28-19-14-15-19/h4-13,17,19,21H,14-16H2,1-3H3,(H,28,34)(H,29,33). The predicted molar refractivity (Wildman–Crippen MR) is 130 cm³/mol. The topological polar surface area (TPSA) is 93.1 Å². The van der Waals surface area contributed by atoms with Crippen LogP contribution >= 0.6 is 0 Å². The van der Waals surface area contributed by atoms with Crippen LogP contribution in [0.15, 0.2) is 66.7 Å². The van der Waals surface area contributed by atoms with Gasteiger partial charge < -0.3 is 10.6 Å². The van der Waals surface area contributed by atoms with Gasteiger partial charge in [-0.1, -0.05) is 69.3 Å². The first-order chi connectivity index (χ1) is 16.2. The Bertz CT molecular complexity index is 1180. The summed E-state index contributed by atoms with van der Waals surface area (Å²) in [6.45, 7) is 6.07. The van der Waals surface area contributed by atoms with Crippen molar-refractivity contribution in [1.29, 1.82) is 0 Å². The molecule has 176 valence electrons. The van der Waals surface area contributed by atoms with Gasteiger partial charge in [0.1, 0.15) is 11.7 Å². The van der Waals surface area contributed by atoms with Crippen molar-refractivity contribution in [3.63, 3.8) is 0 Å². The SMILES string of the molecule is CC(C)(C)c1cc(C(=O)NC(Cc2ccccc2)C(=O)C(=O)NC2CC2)n(-c2ccccc2)n1. The molecule has 3 aromatic rings. The number of carbonyl (C=O) groups excluding carboxylic acids is 3. The van der Waals surface area contributed by atoms with Crippen LogP contribution in [0.3, 0.4) is 0 Å². The summed E-state index contributed by atoms with van der Waals surface area (Å²) in [6.07, 6.45) is 1.97. The molecule has 1 heterocycles. The summed E-state index contributed by atoms with van der Waals surface area (Å²) in [6, 6.07) is 19.5. The van der Waals surface area contributed by atoms with Gasteiger partial charge in [-0.15, -0.1) is 0 Å². The average molecular weight is 459 g/mol. The van der Waals surface area contributed by atoms with Crippen LogP contribution in [0.2, 0.25) is 0 Å². The molecule has 0 spiro atoms. The summed E-state index contributed by atoms with van der Waals surface area (Å²) < 4.78 is 1.59. The smallest absolute Gasteiger partial charge is 0.289 e. The van der Waals surface area contributed by atoms with E-state index in [0.29, 0.717) is 5.69 Å². The van der Waals surface area contributed by atoms with E-state index in [1.54, 1.807) is 10.7 Å². The van der Waals surface area contributed by atoms with Crippen LogP contribution in [0.5, 0.6) is 0 Å². The van der Waals surface area contributed by atoms with Gasteiger partial charge in [0.2, 0.25) is 5.78 Å². The van der Waals surface area contributed by atoms with Gasteiger partial charge in [0.15, 0.2) is 0 Å². The maximum Gasteiger partial charge on any atom is 0.289 e. The van der Waals surface area contributed by atoms with Crippen molar-refractivity contribution in [3.8, 4) is 5.69 Å². The van der Waals surface area contributed by atoms with Gasteiger partial charge in [-0.25, -0.2) is 4.68 Å². The van der Waals surface area contributed by atoms with Crippen molar-refractivity contribution >= 4 is 17.6 Å². The van der Waals surface area contributed by atoms with Crippen LogP contribution in [0.1, 0.15) is 55.4 Å². The molecule has 0 aliphatic heterocycles. The highest BCUT2D eigenvalue weighted by Gasteiger charge is 2.33. The van der Waals surface area contributed by atoms with Crippen molar-refractivity contribution in [3.05, 3.63) is 83.7 Å². The summed E-state index contributed by atoms with van der Waals surface area (Å²) >= 11 is 0. The molecule has 7 nitrogen and oxygen atoms in total. The normalized spacial score (nSPS) is 14.3. The number of hydrogen-bond donors (Lipinski definition) is 2. The maximum absolute atomic E-state index is 13.5. The summed E-state index contributed by atoms with van der Waals surface area (Å²) in [5.74, 6) is -1.76. The lowest BCUT2D eigenvalue weighted by Crippen LogP contribution is -2.49. The van der Waals surface area contributed by atoms with Gasteiger partial charge in [-0.3, -0.25) is 14.4 Å². The summed E-state index contributed by atoms with van der Waals surface area (Å²) in [4.78, 5) is 39.1. The maximum atomic E-state index is 13.5. The van der Waals surface area contributed by atoms with Crippen LogP contribution in [0, 0.1) is 0 Å². The summed E-state index contributed by atoms with van der Waals surface area (Å²) in [5.41, 5.74) is 2.37. The first-order valence-corrected chi connectivity index (χ1v) is 11.6. The highest BCUT2D eigenvalue weighted by atomic mass is 16.2. The van der Waals surface area contributed by atoms with Crippen molar-refractivity contribution in [2.75, 3.05) is 0 Å². The fourth-order valence-electron chi connectivity index (χ4n) is 3.61. The first kappa shape index (κ1) is 23.4. The third-order valence-electron chi connectivity index (χ3n) is 5.75. The minimum absolute atomic E-state index is 0.0541. The molecule has 0 saturated heterocycles. The molecular weight excluding hydrogens is 428 g/mol. The highest BCUT2D eigenvalue weighted by Crippen LogP contribution is 2.24. The van der Waals surface area contributed by atoms with Gasteiger partial charge in [0.05, 0.1) is 11.4 Å². The second-order valence-corrected chi connectivity index (χ2v) is 9.74. The van der Waals surface area contributed by atoms with Gasteiger partial charge >= 0.3 is 0 Å². The molecule has 1 aliphatic carbocycles. The molecule has 1 saturated carbocycles. The van der Waals surface area contributed by atoms with E-state index in [4.69, 9.17) is 0 Å². The van der Waals surface area contributed by atoms with Crippen LogP contribution in [0.4, 0.5) is 0 Å². The fraction of sp³-hybridized carbons (Fsp3) is 0.333. The molecule has 2 N–H and O–H groups in total. The number of ketones is 1. The molecule has 1 unspecified atom stereocenters. The number of para-hydroxylation sites is 1. The Kier molecular flexibility index (Phi) is 6.63. The monoisotopic (exact) mass is 458 g/mol. The number of aromatic nitrogens is 2. The van der Waals surface area contributed by atoms with E-state index >= 15 is 0 Å². The number of amides is 2. The van der Waals surface area contributed by atoms with Gasteiger partial charge in [0.25, 0.3) is 11.8 Å². The molecule has 34 heavy (non-hydrogen) atoms. The van der Waals surface area contributed by atoms with Gasteiger partial charge in [-0.05, 0) is 36.6 Å². The van der Waals surface area contributed by atoms with E-state index < -0.39 is 23.6 Å². The van der Waals surface area contributed by atoms with E-state index in [9.17, 15) is 14.4 Å². The second kappa shape index (κ2) is 9.63. The number of rotatable bonds is 8. The van der Waals surface area contributed by atoms with Crippen molar-refractivity contribution in [2.24, 2.45) is 0 Å². The number of nitrogens with zero attached hydrogens (tertiary/aromatic N) is 2. The third-order valence-corrected chi connectivity index (χ3v) is 5.75. The molecule has 2 amide bonds. The molecule has 1 fully saturated rings. The Morgan fingerprint density at radius 3 is 2.21 bits per heavy atom. The van der Waals surface area contributed by atoms with E-state index in [1.165, 1.54) is 0 Å². The lowest BCUT2D eigenvalue weighted by atomic mass is 9.92. The van der Waals surface area contributed by atoms with Crippen molar-refractivity contribution < 1.29 is 14.4 Å². The molecular formula is C27H30N4O3. The van der Waals surface area contributed by atoms with Gasteiger partial charge in [-0.2, -0.15) is 5.10 Å². The van der Waals surface area contributed by atoms with Crippen molar-refractivity contribution in [2.45, 2.75) is 57.5 Å². The quantitative estimate of drug-likeness (QED) is 0.506. The minimum Gasteiger partial charge on any atom is -0.347 e. The van der Waals surface area contributed by atoms with Crippen LogP contribution in [-0.2, 0) is 21.4 Å². The molecule has 7 heteroatoms. The molecule has 1 aromatic heterocycles. The van der Waals surface area contributed by atoms with Crippen LogP contribution < -0.4 is 10.6 Å². The van der Waals surface area contributed by atoms with Crippen molar-refractivity contribution in [1.82, 2.24) is 20.4 Å². The van der Waals surface area contributed by atoms with E-state index in [2.05, 4.69) is 15.7 Å². The Labute approximate surface area is 199 Å². The van der Waals surface area contributed by atoms with Gasteiger partial charge in [0, 0.05) is 17.9 Å². The lowest BCUT2D eigenvalue weighted by molar-refractivity contribution is -0.139. The predicted octanol–water partition coefficient (Wildman–Crippen LogP) is 3.36. The first-order valence-electron chi connectivity index (χ1n) is 11.6. The third kappa shape index (κ3) is 5.60. The molecule has 1 aliphatic rings. The number of benzene rings is 2. The Balaban J connectivity index is 1.64. The largest absolute Gasteiger partial charge is 0.347 e. The summed E-state index contributed by atoms with van der Waals surface area (Å²) in [7, 11) is 0. The molecule has 4 rings (SSSR count). The van der Waals surface area contributed by atoms with E-state index in [-0.39, 0.29) is 17.9 Å². The Hall–Kier alpha value is -3.74. The van der Waals surface area contributed by atoms with Crippen LogP contribution in [0.25, 0.3) is 5.69 Å². The number of nitrogens with one attached hydrogen (secondary N) is 2. The Morgan fingerprint density at radius 2 is 1.62 bits per heavy atom. The lowest BCUT2D eigenvalue weighted by Gasteiger charge is -2.18. The van der Waals surface area contributed by atoms with E-state index in [1.807, 2.05) is 81.4 Å². The minimum atomic E-state index is -0.995. The second-order valence-electron chi connectivity index (χ2n) is 9.74. The molecule has 0 radical (unpaired) electrons. The zero-order valence-electron chi connectivity index (χ0n) is 19.7. The molecule has 2 aromatic carbocycles. The molecule has 0 bridgehead atoms. The molecule has 1 atom stereocenters. The zero-order chi connectivity index (χ0) is 24.3. The summed E-state index contributed by atoms with van der Waals surface area (Å²) in [5, 5.41) is 10.2. The Morgan fingerprint density at radius 1 is 1.00 bits per heavy atom. The zero-order valence-corrected chi connectivity index (χ0v) is 19.7. The average Bonchev–Trinajstić information content (AvgIpc) is 3.51. The number of carbonyl (C=O) groups is 3. The van der Waals surface area contributed by atoms with E-state index in [0.717, 1.165) is 29.8 Å².